The summed E-state index contributed by atoms with van der Waals surface area (Å²) in [7, 11) is 0. The Morgan fingerprint density at radius 2 is 2.35 bits per heavy atom. The highest BCUT2D eigenvalue weighted by Crippen LogP contribution is 2.30. The van der Waals surface area contributed by atoms with E-state index in [1.807, 2.05) is 4.52 Å². The molecule has 2 unspecified atom stereocenters. The Hall–Kier alpha value is -1.42. The van der Waals surface area contributed by atoms with Crippen LogP contribution in [0.15, 0.2) is 18.6 Å². The van der Waals surface area contributed by atoms with E-state index in [-0.39, 0.29) is 0 Å². The highest BCUT2D eigenvalue weighted by Gasteiger charge is 2.21. The molecule has 1 fully saturated rings. The molecule has 2 aromatic heterocycles. The van der Waals surface area contributed by atoms with Crippen LogP contribution in [0.25, 0.3) is 5.65 Å². The number of piperidine rings is 1. The van der Waals surface area contributed by atoms with Crippen LogP contribution in [-0.4, -0.2) is 27.2 Å². The number of hydrogen-bond donors (Lipinski definition) is 1. The van der Waals surface area contributed by atoms with Crippen LogP contribution in [0.2, 0.25) is 0 Å². The molecule has 17 heavy (non-hydrogen) atoms. The standard InChI is InChI=1S/C13H18N4/c1-9-5-13-15-8-16-17(13)7-12(9)11-3-4-14-10(2)6-11/h5,7-8,10-11,14H,3-4,6H2,1-2H3. The minimum atomic E-state index is 0.611. The number of fused-ring (bicyclic) bond motifs is 1. The first-order valence-corrected chi connectivity index (χ1v) is 6.27. The van der Waals surface area contributed by atoms with Crippen molar-refractivity contribution < 1.29 is 0 Å². The lowest BCUT2D eigenvalue weighted by atomic mass is 9.86. The molecule has 3 rings (SSSR count). The molecule has 0 aliphatic carbocycles. The summed E-state index contributed by atoms with van der Waals surface area (Å²) in [6.07, 6.45) is 6.19. The van der Waals surface area contributed by atoms with E-state index < -0.39 is 0 Å². The molecule has 2 aromatic rings. The molecule has 4 heteroatoms. The van der Waals surface area contributed by atoms with Crippen molar-refractivity contribution in [3.8, 4) is 0 Å². The van der Waals surface area contributed by atoms with Crippen LogP contribution in [0.4, 0.5) is 0 Å². The Morgan fingerprint density at radius 1 is 1.47 bits per heavy atom. The first kappa shape index (κ1) is 10.7. The minimum absolute atomic E-state index is 0.611. The number of hydrogen-bond acceptors (Lipinski definition) is 3. The summed E-state index contributed by atoms with van der Waals surface area (Å²) in [6.45, 7) is 5.55. The van der Waals surface area contributed by atoms with E-state index in [4.69, 9.17) is 0 Å². The molecular formula is C13H18N4. The van der Waals surface area contributed by atoms with Gasteiger partial charge in [0.25, 0.3) is 0 Å². The quantitative estimate of drug-likeness (QED) is 0.813. The molecule has 1 N–H and O–H groups in total. The fourth-order valence-electron chi connectivity index (χ4n) is 2.81. The fraction of sp³-hybridized carbons (Fsp3) is 0.538. The zero-order valence-electron chi connectivity index (χ0n) is 10.3. The molecule has 1 saturated heterocycles. The fourth-order valence-corrected chi connectivity index (χ4v) is 2.81. The number of aromatic nitrogens is 3. The Kier molecular flexibility index (Phi) is 2.59. The highest BCUT2D eigenvalue weighted by molar-refractivity contribution is 5.43. The van der Waals surface area contributed by atoms with Crippen LogP contribution in [0.1, 0.15) is 36.8 Å². The van der Waals surface area contributed by atoms with E-state index >= 15 is 0 Å². The highest BCUT2D eigenvalue weighted by atomic mass is 15.3. The van der Waals surface area contributed by atoms with E-state index in [1.165, 1.54) is 24.0 Å². The van der Waals surface area contributed by atoms with E-state index in [0.29, 0.717) is 12.0 Å². The van der Waals surface area contributed by atoms with Crippen molar-refractivity contribution >= 4 is 5.65 Å². The Labute approximate surface area is 101 Å². The first-order chi connectivity index (χ1) is 8.24. The molecule has 90 valence electrons. The van der Waals surface area contributed by atoms with Crippen LogP contribution in [0, 0.1) is 6.92 Å². The second-order valence-corrected chi connectivity index (χ2v) is 5.05. The molecule has 0 bridgehead atoms. The van der Waals surface area contributed by atoms with Crippen LogP contribution >= 0.6 is 0 Å². The van der Waals surface area contributed by atoms with Gasteiger partial charge in [0.05, 0.1) is 0 Å². The van der Waals surface area contributed by atoms with Gasteiger partial charge in [0, 0.05) is 12.2 Å². The second kappa shape index (κ2) is 4.11. The normalized spacial score (nSPS) is 25.3. The van der Waals surface area contributed by atoms with Gasteiger partial charge in [0.1, 0.15) is 6.33 Å². The topological polar surface area (TPSA) is 42.2 Å². The molecule has 3 heterocycles. The Bertz CT molecular complexity index is 531. The second-order valence-electron chi connectivity index (χ2n) is 5.05. The first-order valence-electron chi connectivity index (χ1n) is 6.27. The van der Waals surface area contributed by atoms with E-state index in [1.54, 1.807) is 6.33 Å². The summed E-state index contributed by atoms with van der Waals surface area (Å²) in [5.74, 6) is 0.653. The summed E-state index contributed by atoms with van der Waals surface area (Å²) in [6, 6.07) is 2.74. The van der Waals surface area contributed by atoms with Crippen molar-refractivity contribution in [2.75, 3.05) is 6.54 Å². The third kappa shape index (κ3) is 1.93. The largest absolute Gasteiger partial charge is 0.314 e. The van der Waals surface area contributed by atoms with Crippen LogP contribution in [0.5, 0.6) is 0 Å². The average Bonchev–Trinajstić information content (AvgIpc) is 2.75. The Balaban J connectivity index is 2.00. The summed E-state index contributed by atoms with van der Waals surface area (Å²) >= 11 is 0. The van der Waals surface area contributed by atoms with Gasteiger partial charge in [0.15, 0.2) is 5.65 Å². The van der Waals surface area contributed by atoms with Gasteiger partial charge in [-0.3, -0.25) is 0 Å². The van der Waals surface area contributed by atoms with Gasteiger partial charge in [-0.2, -0.15) is 5.10 Å². The van der Waals surface area contributed by atoms with Crippen molar-refractivity contribution in [1.29, 1.82) is 0 Å². The minimum Gasteiger partial charge on any atom is -0.314 e. The van der Waals surface area contributed by atoms with Gasteiger partial charge >= 0.3 is 0 Å². The molecule has 4 nitrogen and oxygen atoms in total. The molecular weight excluding hydrogens is 212 g/mol. The lowest BCUT2D eigenvalue weighted by molar-refractivity contribution is 0.379. The number of rotatable bonds is 1. The van der Waals surface area contributed by atoms with Gasteiger partial charge in [0.2, 0.25) is 0 Å². The molecule has 0 spiro atoms. The Morgan fingerprint density at radius 3 is 3.18 bits per heavy atom. The van der Waals surface area contributed by atoms with Crippen molar-refractivity contribution in [2.24, 2.45) is 0 Å². The molecule has 2 atom stereocenters. The molecule has 0 aromatic carbocycles. The number of nitrogens with zero attached hydrogens (tertiary/aromatic N) is 3. The maximum atomic E-state index is 4.22. The lowest BCUT2D eigenvalue weighted by Crippen LogP contribution is -2.35. The lowest BCUT2D eigenvalue weighted by Gasteiger charge is -2.29. The number of aryl methyl sites for hydroxylation is 1. The monoisotopic (exact) mass is 230 g/mol. The molecule has 0 radical (unpaired) electrons. The molecule has 0 saturated carbocycles. The summed E-state index contributed by atoms with van der Waals surface area (Å²) < 4.78 is 1.88. The van der Waals surface area contributed by atoms with Crippen LogP contribution in [0.3, 0.4) is 0 Å². The molecule has 1 aliphatic heterocycles. The number of nitrogens with one attached hydrogen (secondary N) is 1. The zero-order valence-corrected chi connectivity index (χ0v) is 10.3. The van der Waals surface area contributed by atoms with Crippen molar-refractivity contribution in [2.45, 2.75) is 38.6 Å². The smallest absolute Gasteiger partial charge is 0.155 e. The van der Waals surface area contributed by atoms with Crippen molar-refractivity contribution in [1.82, 2.24) is 19.9 Å². The van der Waals surface area contributed by atoms with Gasteiger partial charge in [-0.15, -0.1) is 0 Å². The van der Waals surface area contributed by atoms with Crippen molar-refractivity contribution in [3.05, 3.63) is 29.7 Å². The summed E-state index contributed by atoms with van der Waals surface area (Å²) in [5, 5.41) is 7.72. The van der Waals surface area contributed by atoms with Gasteiger partial charge < -0.3 is 5.32 Å². The maximum Gasteiger partial charge on any atom is 0.155 e. The van der Waals surface area contributed by atoms with Crippen molar-refractivity contribution in [3.63, 3.8) is 0 Å². The van der Waals surface area contributed by atoms with Gasteiger partial charge in [-0.05, 0) is 56.3 Å². The van der Waals surface area contributed by atoms with E-state index in [0.717, 1.165) is 12.2 Å². The predicted molar refractivity (Wildman–Crippen MR) is 67.2 cm³/mol. The van der Waals surface area contributed by atoms with Gasteiger partial charge in [-0.25, -0.2) is 9.50 Å². The summed E-state index contributed by atoms with van der Waals surface area (Å²) in [5.41, 5.74) is 3.70. The maximum absolute atomic E-state index is 4.22. The van der Waals surface area contributed by atoms with Gasteiger partial charge in [-0.1, -0.05) is 0 Å². The van der Waals surface area contributed by atoms with Crippen LogP contribution in [-0.2, 0) is 0 Å². The van der Waals surface area contributed by atoms with Crippen LogP contribution < -0.4 is 5.32 Å². The predicted octanol–water partition coefficient (Wildman–Crippen LogP) is 1.89. The third-order valence-corrected chi connectivity index (χ3v) is 3.73. The number of pyridine rings is 1. The third-order valence-electron chi connectivity index (χ3n) is 3.73. The van der Waals surface area contributed by atoms with E-state index in [2.05, 4.69) is 41.5 Å². The van der Waals surface area contributed by atoms with E-state index in [9.17, 15) is 0 Å². The summed E-state index contributed by atoms with van der Waals surface area (Å²) in [4.78, 5) is 4.22. The average molecular weight is 230 g/mol. The zero-order chi connectivity index (χ0) is 11.8. The molecule has 0 amide bonds. The molecule has 1 aliphatic rings. The SMILES string of the molecule is Cc1cc2ncnn2cc1C1CCNC(C)C1.